The van der Waals surface area contributed by atoms with Crippen molar-refractivity contribution in [3.63, 3.8) is 0 Å². The van der Waals surface area contributed by atoms with E-state index in [1.54, 1.807) is 0 Å². The Labute approximate surface area is 118 Å². The first-order valence-corrected chi connectivity index (χ1v) is 7.02. The smallest absolute Gasteiger partial charge is 0.257 e. The molecule has 0 fully saturated rings. The zero-order valence-corrected chi connectivity index (χ0v) is 11.8. The first-order valence-electron chi connectivity index (χ1n) is 7.02. The molecule has 20 heavy (non-hydrogen) atoms. The van der Waals surface area contributed by atoms with Gasteiger partial charge in [-0.25, -0.2) is 0 Å². The number of benzene rings is 1. The van der Waals surface area contributed by atoms with Crippen LogP contribution < -0.4 is 10.1 Å². The van der Waals surface area contributed by atoms with Crippen LogP contribution in [0.5, 0.6) is 5.75 Å². The van der Waals surface area contributed by atoms with E-state index in [0.29, 0.717) is 17.8 Å². The average Bonchev–Trinajstić information content (AvgIpc) is 3.03. The topological polar surface area (TPSA) is 60.2 Å². The van der Waals surface area contributed by atoms with Gasteiger partial charge in [0, 0.05) is 25.4 Å². The van der Waals surface area contributed by atoms with Crippen LogP contribution in [0.2, 0.25) is 0 Å². The second-order valence-electron chi connectivity index (χ2n) is 5.31. The van der Waals surface area contributed by atoms with Crippen LogP contribution in [0.4, 0.5) is 0 Å². The summed E-state index contributed by atoms with van der Waals surface area (Å²) in [4.78, 5) is 0. The minimum absolute atomic E-state index is 0.147. The highest BCUT2D eigenvalue weighted by atomic mass is 16.5. The lowest BCUT2D eigenvalue weighted by Crippen LogP contribution is -2.25. The number of nitrogens with zero attached hydrogens (tertiary/aromatic N) is 2. The van der Waals surface area contributed by atoms with Crippen molar-refractivity contribution in [2.24, 2.45) is 0 Å². The molecule has 0 radical (unpaired) electrons. The van der Waals surface area contributed by atoms with Crippen LogP contribution in [0.15, 0.2) is 28.7 Å². The monoisotopic (exact) mass is 273 g/mol. The minimum atomic E-state index is -0.147. The summed E-state index contributed by atoms with van der Waals surface area (Å²) in [6.07, 6.45) is 1.39. The Bertz CT molecular complexity index is 555. The summed E-state index contributed by atoms with van der Waals surface area (Å²) < 4.78 is 11.5. The maximum atomic E-state index is 5.84. The molecular formula is C15H19N3O2. The second kappa shape index (κ2) is 5.63. The van der Waals surface area contributed by atoms with E-state index in [4.69, 9.17) is 9.15 Å². The third-order valence-corrected chi connectivity index (χ3v) is 3.30. The normalized spacial score (nSPS) is 17.2. The van der Waals surface area contributed by atoms with Gasteiger partial charge in [0.25, 0.3) is 5.89 Å². The van der Waals surface area contributed by atoms with E-state index in [1.807, 2.05) is 18.2 Å². The van der Waals surface area contributed by atoms with Crippen molar-refractivity contribution >= 4 is 0 Å². The summed E-state index contributed by atoms with van der Waals surface area (Å²) in [5.41, 5.74) is 1.19. The lowest BCUT2D eigenvalue weighted by atomic mass is 10.1. The van der Waals surface area contributed by atoms with E-state index >= 15 is 0 Å². The molecule has 1 aromatic carbocycles. The molecule has 2 aromatic rings. The zero-order valence-electron chi connectivity index (χ0n) is 11.8. The van der Waals surface area contributed by atoms with Gasteiger partial charge >= 0.3 is 0 Å². The highest BCUT2D eigenvalue weighted by Crippen LogP contribution is 2.35. The van der Waals surface area contributed by atoms with Crippen molar-refractivity contribution in [3.8, 4) is 5.75 Å². The van der Waals surface area contributed by atoms with Crippen molar-refractivity contribution in [2.75, 3.05) is 6.54 Å². The van der Waals surface area contributed by atoms with Crippen LogP contribution >= 0.6 is 0 Å². The fourth-order valence-electron chi connectivity index (χ4n) is 2.29. The number of fused-ring (bicyclic) bond motifs is 1. The van der Waals surface area contributed by atoms with Crippen LogP contribution in [-0.2, 0) is 12.8 Å². The summed E-state index contributed by atoms with van der Waals surface area (Å²) in [7, 11) is 0. The molecule has 0 amide bonds. The second-order valence-corrected chi connectivity index (χ2v) is 5.31. The molecule has 0 aliphatic carbocycles. The summed E-state index contributed by atoms with van der Waals surface area (Å²) in [6, 6.07) is 8.49. The predicted octanol–water partition coefficient (Wildman–Crippen LogP) is 2.29. The number of rotatable bonds is 5. The molecule has 5 heteroatoms. The highest BCUT2D eigenvalue weighted by molar-refractivity contribution is 5.37. The molecular weight excluding hydrogens is 254 g/mol. The van der Waals surface area contributed by atoms with Crippen molar-refractivity contribution in [1.82, 2.24) is 15.5 Å². The molecule has 1 aliphatic heterocycles. The van der Waals surface area contributed by atoms with Crippen LogP contribution in [0.25, 0.3) is 0 Å². The molecule has 5 nitrogen and oxygen atoms in total. The number of para-hydroxylation sites is 1. The molecule has 0 spiro atoms. The van der Waals surface area contributed by atoms with E-state index in [1.165, 1.54) is 5.56 Å². The third kappa shape index (κ3) is 2.82. The van der Waals surface area contributed by atoms with E-state index in [-0.39, 0.29) is 6.10 Å². The van der Waals surface area contributed by atoms with Gasteiger partial charge in [-0.2, -0.15) is 0 Å². The van der Waals surface area contributed by atoms with E-state index in [0.717, 1.165) is 25.1 Å². The summed E-state index contributed by atoms with van der Waals surface area (Å²) >= 11 is 0. The van der Waals surface area contributed by atoms with Crippen LogP contribution in [0.3, 0.4) is 0 Å². The Hall–Kier alpha value is -1.88. The zero-order chi connectivity index (χ0) is 13.9. The third-order valence-electron chi connectivity index (χ3n) is 3.30. The maximum absolute atomic E-state index is 5.84. The van der Waals surface area contributed by atoms with E-state index in [2.05, 4.69) is 35.4 Å². The number of nitrogens with one attached hydrogen (secondary N) is 1. The van der Waals surface area contributed by atoms with Gasteiger partial charge < -0.3 is 14.5 Å². The van der Waals surface area contributed by atoms with Crippen molar-refractivity contribution in [2.45, 2.75) is 38.8 Å². The van der Waals surface area contributed by atoms with Crippen LogP contribution in [-0.4, -0.2) is 22.8 Å². The van der Waals surface area contributed by atoms with Gasteiger partial charge in [-0.1, -0.05) is 32.0 Å². The van der Waals surface area contributed by atoms with Gasteiger partial charge in [-0.15, -0.1) is 10.2 Å². The molecule has 1 aliphatic rings. The quantitative estimate of drug-likeness (QED) is 0.905. The summed E-state index contributed by atoms with van der Waals surface area (Å²) in [5.74, 6) is 2.15. The number of hydrogen-bond acceptors (Lipinski definition) is 5. The van der Waals surface area contributed by atoms with E-state index < -0.39 is 0 Å². The first-order chi connectivity index (χ1) is 9.72. The standard InChI is InChI=1S/C15H19N3O2/c1-10(2)16-8-7-14-17-18-15(20-14)13-9-11-5-3-4-6-12(11)19-13/h3-6,10,13,16H,7-9H2,1-2H3. The first kappa shape index (κ1) is 13.1. The van der Waals surface area contributed by atoms with E-state index in [9.17, 15) is 0 Å². The molecule has 106 valence electrons. The molecule has 0 bridgehead atoms. The van der Waals surface area contributed by atoms with Gasteiger partial charge in [-0.05, 0) is 11.6 Å². The van der Waals surface area contributed by atoms with Crippen LogP contribution in [0.1, 0.15) is 37.3 Å². The molecule has 3 rings (SSSR count). The maximum Gasteiger partial charge on any atom is 0.257 e. The SMILES string of the molecule is CC(C)NCCc1nnc(C2Cc3ccccc3O2)o1. The van der Waals surface area contributed by atoms with Crippen molar-refractivity contribution in [1.29, 1.82) is 0 Å². The summed E-state index contributed by atoms with van der Waals surface area (Å²) in [6.45, 7) is 5.07. The van der Waals surface area contributed by atoms with Crippen molar-refractivity contribution < 1.29 is 9.15 Å². The molecule has 1 unspecified atom stereocenters. The number of aromatic nitrogens is 2. The fraction of sp³-hybridized carbons (Fsp3) is 0.467. The minimum Gasteiger partial charge on any atom is -0.480 e. The van der Waals surface area contributed by atoms with Gasteiger partial charge in [0.2, 0.25) is 5.89 Å². The average molecular weight is 273 g/mol. The molecule has 1 atom stereocenters. The van der Waals surface area contributed by atoms with Gasteiger partial charge in [0.15, 0.2) is 6.10 Å². The lowest BCUT2D eigenvalue weighted by molar-refractivity contribution is 0.194. The Balaban J connectivity index is 1.61. The van der Waals surface area contributed by atoms with Crippen LogP contribution in [0, 0.1) is 0 Å². The van der Waals surface area contributed by atoms with Gasteiger partial charge in [0.05, 0.1) is 0 Å². The highest BCUT2D eigenvalue weighted by Gasteiger charge is 2.28. The number of ether oxygens (including phenoxy) is 1. The molecule has 2 heterocycles. The van der Waals surface area contributed by atoms with Gasteiger partial charge in [-0.3, -0.25) is 0 Å². The molecule has 0 saturated heterocycles. The Morgan fingerprint density at radius 2 is 2.15 bits per heavy atom. The summed E-state index contributed by atoms with van der Waals surface area (Å²) in [5, 5.41) is 11.5. The Morgan fingerprint density at radius 1 is 1.30 bits per heavy atom. The van der Waals surface area contributed by atoms with Crippen molar-refractivity contribution in [3.05, 3.63) is 41.6 Å². The fourth-order valence-corrected chi connectivity index (χ4v) is 2.29. The largest absolute Gasteiger partial charge is 0.480 e. The Kier molecular flexibility index (Phi) is 3.69. The van der Waals surface area contributed by atoms with Gasteiger partial charge in [0.1, 0.15) is 5.75 Å². The number of hydrogen-bond donors (Lipinski definition) is 1. The molecule has 1 N–H and O–H groups in total. The Morgan fingerprint density at radius 3 is 2.95 bits per heavy atom. The lowest BCUT2D eigenvalue weighted by Gasteiger charge is -2.06. The molecule has 0 saturated carbocycles. The predicted molar refractivity (Wildman–Crippen MR) is 74.7 cm³/mol. The molecule has 1 aromatic heterocycles.